The molecule has 2 aromatic carbocycles. The van der Waals surface area contributed by atoms with Crippen molar-refractivity contribution in [3.05, 3.63) is 90.5 Å². The summed E-state index contributed by atoms with van der Waals surface area (Å²) in [6.07, 6.45) is 4.90. The van der Waals surface area contributed by atoms with Crippen molar-refractivity contribution in [2.24, 2.45) is 17.8 Å². The van der Waals surface area contributed by atoms with Gasteiger partial charge in [-0.15, -0.1) is 24.9 Å². The minimum atomic E-state index is -0.903. The fourth-order valence-electron chi connectivity index (χ4n) is 7.53. The first kappa shape index (κ1) is 31.4. The van der Waals surface area contributed by atoms with Crippen molar-refractivity contribution in [1.82, 2.24) is 9.80 Å². The highest BCUT2D eigenvalue weighted by molar-refractivity contribution is 8.02. The largest absolute Gasteiger partial charge is 0.394 e. The molecule has 0 radical (unpaired) electrons. The molecule has 3 saturated heterocycles. The first-order valence-corrected chi connectivity index (χ1v) is 16.2. The van der Waals surface area contributed by atoms with Gasteiger partial charge in [-0.1, -0.05) is 67.9 Å². The first-order valence-electron chi connectivity index (χ1n) is 15.0. The van der Waals surface area contributed by atoms with E-state index in [1.54, 1.807) is 62.9 Å². The number of fused-ring (bicyclic) bond motifs is 1. The van der Waals surface area contributed by atoms with Gasteiger partial charge >= 0.3 is 0 Å². The second kappa shape index (κ2) is 12.9. The Morgan fingerprint density at radius 3 is 2.40 bits per heavy atom. The maximum Gasteiger partial charge on any atom is 0.251 e. The van der Waals surface area contributed by atoms with Gasteiger partial charge in [0.1, 0.15) is 6.04 Å². The summed E-state index contributed by atoms with van der Waals surface area (Å²) in [7, 11) is 0. The van der Waals surface area contributed by atoms with Crippen molar-refractivity contribution in [1.29, 1.82) is 0 Å². The van der Waals surface area contributed by atoms with Crippen LogP contribution in [0.25, 0.3) is 0 Å². The van der Waals surface area contributed by atoms with Gasteiger partial charge < -0.3 is 19.8 Å². The van der Waals surface area contributed by atoms with E-state index in [0.717, 1.165) is 18.4 Å². The number of hydrogen-bond acceptors (Lipinski definition) is 5. The number of aliphatic hydroxyl groups excluding tert-OH is 1. The maximum atomic E-state index is 15.0. The van der Waals surface area contributed by atoms with Crippen LogP contribution in [-0.4, -0.2) is 74.9 Å². The molecule has 3 heterocycles. The molecule has 1 N–H and O–H groups in total. The number of rotatable bonds is 12. The number of carbonyl (C=O) groups is 3. The van der Waals surface area contributed by atoms with Gasteiger partial charge in [-0.05, 0) is 48.6 Å². The van der Waals surface area contributed by atoms with Gasteiger partial charge in [-0.25, -0.2) is 0 Å². The summed E-state index contributed by atoms with van der Waals surface area (Å²) in [4.78, 5) is 49.0. The molecule has 228 valence electrons. The molecule has 3 aliphatic rings. The van der Waals surface area contributed by atoms with Crippen LogP contribution < -0.4 is 4.90 Å². The molecule has 7 nitrogen and oxygen atoms in total. The van der Waals surface area contributed by atoms with Gasteiger partial charge in [0.15, 0.2) is 0 Å². The second-order valence-electron chi connectivity index (χ2n) is 11.7. The van der Waals surface area contributed by atoms with Crippen LogP contribution in [0.5, 0.6) is 0 Å². The molecule has 7 atom stereocenters. The van der Waals surface area contributed by atoms with Crippen molar-refractivity contribution in [2.45, 2.75) is 48.8 Å². The normalized spacial score (nSPS) is 28.0. The molecule has 3 aliphatic heterocycles. The Morgan fingerprint density at radius 1 is 1.12 bits per heavy atom. The highest BCUT2D eigenvalue weighted by Gasteiger charge is 2.77. The Bertz CT molecular complexity index is 1370. The van der Waals surface area contributed by atoms with Crippen molar-refractivity contribution in [2.75, 3.05) is 31.1 Å². The van der Waals surface area contributed by atoms with Crippen molar-refractivity contribution >= 4 is 46.8 Å². The number of benzene rings is 2. The lowest BCUT2D eigenvalue weighted by molar-refractivity contribution is -0.145. The van der Waals surface area contributed by atoms with Crippen LogP contribution in [0, 0.1) is 17.8 Å². The number of halogens is 1. The fraction of sp³-hybridized carbons (Fsp3) is 0.441. The fourth-order valence-corrected chi connectivity index (χ4v) is 10.1. The predicted molar refractivity (Wildman–Crippen MR) is 173 cm³/mol. The van der Waals surface area contributed by atoms with Crippen LogP contribution in [0.15, 0.2) is 79.9 Å². The quantitative estimate of drug-likeness (QED) is 0.323. The lowest BCUT2D eigenvalue weighted by Crippen LogP contribution is -2.58. The zero-order valence-corrected chi connectivity index (χ0v) is 26.3. The summed E-state index contributed by atoms with van der Waals surface area (Å²) < 4.78 is -0.834. The molecule has 3 fully saturated rings. The monoisotopic (exact) mass is 621 g/mol. The first-order chi connectivity index (χ1) is 20.7. The average Bonchev–Trinajstić information content (AvgIpc) is 3.60. The van der Waals surface area contributed by atoms with Gasteiger partial charge in [0.05, 0.1) is 29.2 Å². The topological polar surface area (TPSA) is 81.2 Å². The second-order valence-corrected chi connectivity index (χ2v) is 13.7. The minimum absolute atomic E-state index is 0.00982. The Morgan fingerprint density at radius 2 is 1.79 bits per heavy atom. The summed E-state index contributed by atoms with van der Waals surface area (Å²) in [5.41, 5.74) is 1.38. The molecule has 3 amide bonds. The van der Waals surface area contributed by atoms with E-state index in [1.165, 1.54) is 0 Å². The zero-order valence-electron chi connectivity index (χ0n) is 24.8. The van der Waals surface area contributed by atoms with Crippen LogP contribution >= 0.6 is 23.4 Å². The Hall–Kier alpha value is -3.07. The van der Waals surface area contributed by atoms with Gasteiger partial charge in [0, 0.05) is 35.6 Å². The van der Waals surface area contributed by atoms with Crippen molar-refractivity contribution in [3.63, 3.8) is 0 Å². The number of anilines is 1. The van der Waals surface area contributed by atoms with E-state index in [2.05, 4.69) is 20.1 Å². The van der Waals surface area contributed by atoms with E-state index in [1.807, 2.05) is 37.3 Å². The Balaban J connectivity index is 1.66. The summed E-state index contributed by atoms with van der Waals surface area (Å²) in [5, 5.41) is 11.3. The van der Waals surface area contributed by atoms with E-state index in [-0.39, 0.29) is 42.0 Å². The third kappa shape index (κ3) is 5.21. The van der Waals surface area contributed by atoms with Crippen LogP contribution in [-0.2, 0) is 14.4 Å². The van der Waals surface area contributed by atoms with Gasteiger partial charge in [0.2, 0.25) is 11.8 Å². The number of nitrogens with zero attached hydrogens (tertiary/aromatic N) is 3. The number of carbonyl (C=O) groups excluding carboxylic acids is 3. The molecular formula is C34H40ClN3O4S. The Kier molecular flexibility index (Phi) is 9.40. The summed E-state index contributed by atoms with van der Waals surface area (Å²) in [6.45, 7) is 12.7. The highest BCUT2D eigenvalue weighted by Crippen LogP contribution is 2.69. The smallest absolute Gasteiger partial charge is 0.251 e. The zero-order chi connectivity index (χ0) is 30.9. The SMILES string of the molecule is C=CCN(CCC)C(=O)[C@@H]1[C@H]2C(=O)N([C@H](CO)c3ccccc3)C(C(=O)N(CC=C)c3ccc(Cl)cc3)C23S[C@@H]1CC3C. The van der Waals surface area contributed by atoms with Crippen molar-refractivity contribution < 1.29 is 19.5 Å². The average molecular weight is 622 g/mol. The molecule has 0 aliphatic carbocycles. The highest BCUT2D eigenvalue weighted by atomic mass is 35.5. The van der Waals surface area contributed by atoms with Crippen LogP contribution in [0.1, 0.15) is 38.3 Å². The molecule has 3 unspecified atom stereocenters. The van der Waals surface area contributed by atoms with Crippen LogP contribution in [0.2, 0.25) is 5.02 Å². The molecule has 2 bridgehead atoms. The standard InChI is InChI=1S/C34H40ClN3O4S/c1-5-17-36(18-6-2)31(40)28-27-20-22(4)34(43-27)29(28)32(41)38(26(21-39)23-11-9-8-10-12-23)30(34)33(42)37(19-7-3)25-15-13-24(35)14-16-25/h5,7-16,22,26-30,39H,1,3,6,17-21H2,2,4H3/t22?,26-,27-,28+,29+,30?,34?/m1/s1. The van der Waals surface area contributed by atoms with Crippen LogP contribution in [0.3, 0.4) is 0 Å². The number of hydrogen-bond donors (Lipinski definition) is 1. The predicted octanol–water partition coefficient (Wildman–Crippen LogP) is 5.35. The van der Waals surface area contributed by atoms with E-state index < -0.39 is 28.7 Å². The van der Waals surface area contributed by atoms with Gasteiger partial charge in [-0.3, -0.25) is 14.4 Å². The van der Waals surface area contributed by atoms with E-state index in [9.17, 15) is 19.5 Å². The minimum Gasteiger partial charge on any atom is -0.394 e. The number of likely N-dealkylation sites (tertiary alicyclic amines) is 1. The molecule has 2 aromatic rings. The van der Waals surface area contributed by atoms with Gasteiger partial charge in [0.25, 0.3) is 5.91 Å². The van der Waals surface area contributed by atoms with E-state index >= 15 is 0 Å². The van der Waals surface area contributed by atoms with Crippen molar-refractivity contribution in [3.8, 4) is 0 Å². The lowest BCUT2D eigenvalue weighted by atomic mass is 9.65. The number of thioether (sulfide) groups is 1. The maximum absolute atomic E-state index is 15.0. The molecular weight excluding hydrogens is 582 g/mol. The summed E-state index contributed by atoms with van der Waals surface area (Å²) in [5.74, 6) is -1.81. The Labute approximate surface area is 263 Å². The molecule has 0 aromatic heterocycles. The third-order valence-electron chi connectivity index (χ3n) is 9.27. The molecule has 5 rings (SSSR count). The van der Waals surface area contributed by atoms with Crippen LogP contribution in [0.4, 0.5) is 5.69 Å². The molecule has 9 heteroatoms. The molecule has 1 spiro atoms. The molecule has 0 saturated carbocycles. The number of amides is 3. The summed E-state index contributed by atoms with van der Waals surface area (Å²) >= 11 is 7.82. The number of aliphatic hydroxyl groups is 1. The van der Waals surface area contributed by atoms with Gasteiger partial charge in [-0.2, -0.15) is 0 Å². The summed E-state index contributed by atoms with van der Waals surface area (Å²) in [6, 6.07) is 14.7. The lowest BCUT2D eigenvalue weighted by Gasteiger charge is -2.42. The molecule has 43 heavy (non-hydrogen) atoms. The van der Waals surface area contributed by atoms with E-state index in [0.29, 0.717) is 23.8 Å². The third-order valence-corrected chi connectivity index (χ3v) is 11.6. The van der Waals surface area contributed by atoms with E-state index in [4.69, 9.17) is 11.6 Å².